The number of aromatic nitrogens is 5. The highest BCUT2D eigenvalue weighted by molar-refractivity contribution is 6.15. The van der Waals surface area contributed by atoms with E-state index in [2.05, 4.69) is 208 Å². The number of hydrogen-bond donors (Lipinski definition) is 0. The average molecular weight is 883 g/mol. The molecule has 0 radical (unpaired) electrons. The molecule has 0 fully saturated rings. The van der Waals surface area contributed by atoms with E-state index < -0.39 is 0 Å². The van der Waals surface area contributed by atoms with Gasteiger partial charge < -0.3 is 14.0 Å². The molecule has 0 aliphatic rings. The SMILES string of the molecule is c1ccc(-c2nc(-c3ccccc3)nc(-c3ccc(-n4c5ccccc5c5cccc(-c6ccc(N(c7ccccc7)c7cccc8c9ccccc9n(-c9ccccc9)c78)cc6)c54)cc3)n2)cc1. The Kier molecular flexibility index (Phi) is 9.72. The summed E-state index contributed by atoms with van der Waals surface area (Å²) in [6, 6.07) is 90.0. The first-order chi connectivity index (χ1) is 34.2. The van der Waals surface area contributed by atoms with Crippen LogP contribution in [0.15, 0.2) is 255 Å². The summed E-state index contributed by atoms with van der Waals surface area (Å²) in [5.74, 6) is 1.90. The Labute approximate surface area is 399 Å². The second kappa shape index (κ2) is 16.8. The fraction of sp³-hybridized carbons (Fsp3) is 0. The lowest BCUT2D eigenvalue weighted by Gasteiger charge is -2.27. The van der Waals surface area contributed by atoms with Crippen LogP contribution in [0.2, 0.25) is 0 Å². The van der Waals surface area contributed by atoms with E-state index in [1.165, 1.54) is 27.1 Å². The fourth-order valence-corrected chi connectivity index (χ4v) is 10.0. The van der Waals surface area contributed by atoms with E-state index in [0.29, 0.717) is 17.5 Å². The zero-order valence-electron chi connectivity index (χ0n) is 37.4. The van der Waals surface area contributed by atoms with Crippen LogP contribution in [0.5, 0.6) is 0 Å². The first-order valence-electron chi connectivity index (χ1n) is 23.3. The van der Waals surface area contributed by atoms with E-state index in [1.54, 1.807) is 0 Å². The molecule has 0 aliphatic carbocycles. The van der Waals surface area contributed by atoms with Gasteiger partial charge in [0.05, 0.1) is 27.8 Å². The normalized spacial score (nSPS) is 11.5. The summed E-state index contributed by atoms with van der Waals surface area (Å²) in [4.78, 5) is 17.3. The number of benzene rings is 10. The zero-order valence-corrected chi connectivity index (χ0v) is 37.4. The minimum atomic E-state index is 0.625. The Morgan fingerprint density at radius 1 is 0.275 bits per heavy atom. The highest BCUT2D eigenvalue weighted by Crippen LogP contribution is 2.45. The molecule has 0 saturated carbocycles. The Hall–Kier alpha value is -9.39. The molecule has 10 aromatic carbocycles. The second-order valence-corrected chi connectivity index (χ2v) is 17.2. The van der Waals surface area contributed by atoms with Crippen molar-refractivity contribution in [1.82, 2.24) is 24.1 Å². The summed E-state index contributed by atoms with van der Waals surface area (Å²) >= 11 is 0. The molecule has 13 rings (SSSR count). The first kappa shape index (κ1) is 39.9. The van der Waals surface area contributed by atoms with Gasteiger partial charge in [-0.2, -0.15) is 0 Å². The molecule has 0 bridgehead atoms. The van der Waals surface area contributed by atoms with Crippen molar-refractivity contribution in [2.45, 2.75) is 0 Å². The van der Waals surface area contributed by atoms with Gasteiger partial charge in [0, 0.05) is 66.5 Å². The maximum atomic E-state index is 5.01. The molecule has 0 atom stereocenters. The van der Waals surface area contributed by atoms with E-state index >= 15 is 0 Å². The van der Waals surface area contributed by atoms with E-state index in [0.717, 1.165) is 72.8 Å². The van der Waals surface area contributed by atoms with Gasteiger partial charge in [0.2, 0.25) is 0 Å². The van der Waals surface area contributed by atoms with Crippen molar-refractivity contribution in [3.05, 3.63) is 255 Å². The van der Waals surface area contributed by atoms with E-state index in [9.17, 15) is 0 Å². The van der Waals surface area contributed by atoms with Gasteiger partial charge in [-0.05, 0) is 84.4 Å². The minimum absolute atomic E-state index is 0.625. The summed E-state index contributed by atoms with van der Waals surface area (Å²) in [7, 11) is 0. The van der Waals surface area contributed by atoms with Crippen LogP contribution in [0.25, 0.3) is 100 Å². The molecule has 69 heavy (non-hydrogen) atoms. The Bertz CT molecular complexity index is 3920. The van der Waals surface area contributed by atoms with E-state index in [4.69, 9.17) is 15.0 Å². The molecule has 0 unspecified atom stereocenters. The summed E-state index contributed by atoms with van der Waals surface area (Å²) in [6.45, 7) is 0. The minimum Gasteiger partial charge on any atom is -0.309 e. The van der Waals surface area contributed by atoms with Gasteiger partial charge >= 0.3 is 0 Å². The molecule has 6 nitrogen and oxygen atoms in total. The fourth-order valence-electron chi connectivity index (χ4n) is 10.0. The van der Waals surface area contributed by atoms with Crippen molar-refractivity contribution in [3.63, 3.8) is 0 Å². The van der Waals surface area contributed by atoms with Crippen molar-refractivity contribution in [3.8, 4) is 56.7 Å². The lowest BCUT2D eigenvalue weighted by atomic mass is 10.0. The maximum Gasteiger partial charge on any atom is 0.164 e. The van der Waals surface area contributed by atoms with E-state index in [-0.39, 0.29) is 0 Å². The third-order valence-electron chi connectivity index (χ3n) is 13.2. The van der Waals surface area contributed by atoms with Gasteiger partial charge in [-0.25, -0.2) is 15.0 Å². The summed E-state index contributed by atoms with van der Waals surface area (Å²) in [5, 5.41) is 4.82. The Morgan fingerprint density at radius 3 is 1.26 bits per heavy atom. The highest BCUT2D eigenvalue weighted by atomic mass is 15.2. The van der Waals surface area contributed by atoms with Gasteiger partial charge in [0.25, 0.3) is 0 Å². The Balaban J connectivity index is 0.936. The van der Waals surface area contributed by atoms with Gasteiger partial charge in [0.1, 0.15) is 0 Å². The first-order valence-corrected chi connectivity index (χ1v) is 23.3. The van der Waals surface area contributed by atoms with Gasteiger partial charge in [0.15, 0.2) is 17.5 Å². The molecule has 3 heterocycles. The van der Waals surface area contributed by atoms with Crippen molar-refractivity contribution >= 4 is 60.7 Å². The summed E-state index contributed by atoms with van der Waals surface area (Å²) in [5.41, 5.74) is 15.1. The number of para-hydroxylation sites is 6. The predicted molar refractivity (Wildman–Crippen MR) is 285 cm³/mol. The molecule has 13 aromatic rings. The third kappa shape index (κ3) is 6.93. The standard InChI is InChI=1S/C63H42N6/c1-5-19-44(20-6-1)61-64-62(45-21-7-2-8-22-45)66-63(65-61)46-37-41-50(42-38-46)68-56-32-15-13-27-52(56)54-30-17-29-51(59(54)68)43-35-39-49(40-36-43)67(47-23-9-3-10-24-47)58-34-18-31-55-53-28-14-16-33-57(53)69(60(55)58)48-25-11-4-12-26-48/h1-42H. The molecular weight excluding hydrogens is 841 g/mol. The lowest BCUT2D eigenvalue weighted by Crippen LogP contribution is -2.11. The number of fused-ring (bicyclic) bond motifs is 6. The molecular formula is C63H42N6. The van der Waals surface area contributed by atoms with Crippen molar-refractivity contribution in [2.24, 2.45) is 0 Å². The number of nitrogens with zero attached hydrogens (tertiary/aromatic N) is 6. The summed E-state index contributed by atoms with van der Waals surface area (Å²) < 4.78 is 4.81. The molecule has 0 amide bonds. The molecule has 6 heteroatoms. The third-order valence-corrected chi connectivity index (χ3v) is 13.2. The molecule has 0 saturated heterocycles. The van der Waals surface area contributed by atoms with Gasteiger partial charge in [-0.15, -0.1) is 0 Å². The number of rotatable bonds is 9. The molecule has 0 aliphatic heterocycles. The highest BCUT2D eigenvalue weighted by Gasteiger charge is 2.23. The van der Waals surface area contributed by atoms with Crippen LogP contribution in [0.1, 0.15) is 0 Å². The van der Waals surface area contributed by atoms with Crippen LogP contribution in [-0.4, -0.2) is 24.1 Å². The number of anilines is 3. The molecule has 324 valence electrons. The van der Waals surface area contributed by atoms with E-state index in [1.807, 2.05) is 60.7 Å². The Morgan fingerprint density at radius 2 is 0.681 bits per heavy atom. The molecule has 0 spiro atoms. The van der Waals surface area contributed by atoms with Crippen LogP contribution < -0.4 is 4.90 Å². The van der Waals surface area contributed by atoms with Crippen LogP contribution in [0.3, 0.4) is 0 Å². The van der Waals surface area contributed by atoms with Crippen molar-refractivity contribution in [1.29, 1.82) is 0 Å². The maximum absolute atomic E-state index is 5.01. The smallest absolute Gasteiger partial charge is 0.164 e. The lowest BCUT2D eigenvalue weighted by molar-refractivity contribution is 1.07. The average Bonchev–Trinajstić information content (AvgIpc) is 3.96. The van der Waals surface area contributed by atoms with Crippen LogP contribution in [0.4, 0.5) is 17.1 Å². The largest absolute Gasteiger partial charge is 0.309 e. The molecule has 0 N–H and O–H groups in total. The van der Waals surface area contributed by atoms with Crippen molar-refractivity contribution in [2.75, 3.05) is 4.90 Å². The van der Waals surface area contributed by atoms with Crippen molar-refractivity contribution < 1.29 is 0 Å². The quantitative estimate of drug-likeness (QED) is 0.145. The van der Waals surface area contributed by atoms with Crippen LogP contribution in [-0.2, 0) is 0 Å². The van der Waals surface area contributed by atoms with Gasteiger partial charge in [-0.3, -0.25) is 0 Å². The monoisotopic (exact) mass is 882 g/mol. The topological polar surface area (TPSA) is 51.8 Å². The van der Waals surface area contributed by atoms with Crippen LogP contribution >= 0.6 is 0 Å². The van der Waals surface area contributed by atoms with Crippen LogP contribution in [0, 0.1) is 0 Å². The summed E-state index contributed by atoms with van der Waals surface area (Å²) in [6.07, 6.45) is 0. The molecule has 3 aromatic heterocycles. The predicted octanol–water partition coefficient (Wildman–Crippen LogP) is 16.2. The zero-order chi connectivity index (χ0) is 45.7. The van der Waals surface area contributed by atoms with Gasteiger partial charge in [-0.1, -0.05) is 176 Å². The number of hydrogen-bond acceptors (Lipinski definition) is 4. The second-order valence-electron chi connectivity index (χ2n) is 17.2.